The summed E-state index contributed by atoms with van der Waals surface area (Å²) in [5, 5.41) is 19.1. The maximum atomic E-state index is 11.3. The summed E-state index contributed by atoms with van der Waals surface area (Å²) < 4.78 is 1.66. The predicted octanol–water partition coefficient (Wildman–Crippen LogP) is 2.46. The average Bonchev–Trinajstić information content (AvgIpc) is 2.64. The Labute approximate surface area is 120 Å². The molecule has 6 nitrogen and oxygen atoms in total. The molecule has 1 rings (SSSR count). The van der Waals surface area contributed by atoms with Crippen molar-refractivity contribution in [3.8, 4) is 0 Å². The zero-order chi connectivity index (χ0) is 15.5. The molecule has 0 saturated heterocycles. The fourth-order valence-corrected chi connectivity index (χ4v) is 2.41. The van der Waals surface area contributed by atoms with Gasteiger partial charge in [-0.1, -0.05) is 34.6 Å². The summed E-state index contributed by atoms with van der Waals surface area (Å²) in [6, 6.07) is 0.173. The van der Waals surface area contributed by atoms with Gasteiger partial charge in [0, 0.05) is 19.5 Å². The first-order chi connectivity index (χ1) is 9.22. The second-order valence-corrected chi connectivity index (χ2v) is 6.16. The molecule has 0 saturated carbocycles. The zero-order valence-corrected chi connectivity index (χ0v) is 13.4. The molecule has 1 unspecified atom stereocenters. The number of hydrogen-bond donors (Lipinski definition) is 1. The first-order valence-electron chi connectivity index (χ1n) is 7.14. The standard InChI is InChI=1S/C14H26N4O2/c1-7-10-13(18(19)20)11(17(6)16-10)9-12(15-8-2)14(3,4)5/h12,15H,7-9H2,1-6H3. The molecule has 0 fully saturated rings. The van der Waals surface area contributed by atoms with Gasteiger partial charge in [-0.2, -0.15) is 5.10 Å². The smallest absolute Gasteiger partial charge is 0.313 e. The minimum Gasteiger partial charge on any atom is -0.313 e. The van der Waals surface area contributed by atoms with Crippen molar-refractivity contribution in [2.45, 2.75) is 53.5 Å². The number of nitrogens with one attached hydrogen (secondary N) is 1. The van der Waals surface area contributed by atoms with Crippen LogP contribution in [0.25, 0.3) is 0 Å². The van der Waals surface area contributed by atoms with Gasteiger partial charge in [0.05, 0.1) is 4.92 Å². The van der Waals surface area contributed by atoms with Crippen molar-refractivity contribution in [3.63, 3.8) is 0 Å². The van der Waals surface area contributed by atoms with Crippen LogP contribution < -0.4 is 5.32 Å². The van der Waals surface area contributed by atoms with E-state index in [9.17, 15) is 10.1 Å². The van der Waals surface area contributed by atoms with Crippen molar-refractivity contribution in [1.29, 1.82) is 0 Å². The van der Waals surface area contributed by atoms with E-state index in [0.717, 1.165) is 6.54 Å². The number of nitro groups is 1. The van der Waals surface area contributed by atoms with Crippen LogP contribution in [0.1, 0.15) is 46.0 Å². The summed E-state index contributed by atoms with van der Waals surface area (Å²) in [5.41, 5.74) is 1.48. The molecular weight excluding hydrogens is 256 g/mol. The molecule has 114 valence electrons. The molecule has 6 heteroatoms. The zero-order valence-electron chi connectivity index (χ0n) is 13.4. The van der Waals surface area contributed by atoms with Crippen molar-refractivity contribution in [2.24, 2.45) is 12.5 Å². The summed E-state index contributed by atoms with van der Waals surface area (Å²) in [6.45, 7) is 11.2. The third kappa shape index (κ3) is 3.56. The molecule has 0 aliphatic carbocycles. The maximum Gasteiger partial charge on any atom is 0.313 e. The Morgan fingerprint density at radius 1 is 1.40 bits per heavy atom. The highest BCUT2D eigenvalue weighted by atomic mass is 16.6. The largest absolute Gasteiger partial charge is 0.313 e. The van der Waals surface area contributed by atoms with E-state index in [4.69, 9.17) is 0 Å². The van der Waals surface area contributed by atoms with Crippen LogP contribution in [0, 0.1) is 15.5 Å². The second kappa shape index (κ2) is 6.35. The van der Waals surface area contributed by atoms with E-state index in [0.29, 0.717) is 24.2 Å². The highest BCUT2D eigenvalue weighted by molar-refractivity contribution is 5.42. The van der Waals surface area contributed by atoms with Crippen molar-refractivity contribution in [2.75, 3.05) is 6.54 Å². The lowest BCUT2D eigenvalue weighted by molar-refractivity contribution is -0.386. The van der Waals surface area contributed by atoms with Crippen LogP contribution in [0.2, 0.25) is 0 Å². The summed E-state index contributed by atoms with van der Waals surface area (Å²) in [4.78, 5) is 11.0. The number of nitrogens with zero attached hydrogens (tertiary/aromatic N) is 3. The third-order valence-corrected chi connectivity index (χ3v) is 3.62. The quantitative estimate of drug-likeness (QED) is 0.642. The minimum atomic E-state index is -0.299. The number of hydrogen-bond acceptors (Lipinski definition) is 4. The lowest BCUT2D eigenvalue weighted by Crippen LogP contribution is -2.42. The molecule has 0 aromatic carbocycles. The van der Waals surface area contributed by atoms with Crippen LogP contribution in [-0.4, -0.2) is 27.3 Å². The highest BCUT2D eigenvalue weighted by Gasteiger charge is 2.31. The fourth-order valence-electron chi connectivity index (χ4n) is 2.41. The van der Waals surface area contributed by atoms with E-state index in [2.05, 4.69) is 31.2 Å². The molecule has 1 aromatic heterocycles. The van der Waals surface area contributed by atoms with Gasteiger partial charge in [0.15, 0.2) is 0 Å². The Balaban J connectivity index is 3.18. The highest BCUT2D eigenvalue weighted by Crippen LogP contribution is 2.29. The molecule has 0 aliphatic rings. The molecule has 1 atom stereocenters. The first kappa shape index (κ1) is 16.6. The average molecular weight is 282 g/mol. The molecule has 1 heterocycles. The number of aromatic nitrogens is 2. The summed E-state index contributed by atoms with van der Waals surface area (Å²) in [6.07, 6.45) is 1.18. The number of likely N-dealkylation sites (N-methyl/N-ethyl adjacent to an activating group) is 1. The van der Waals surface area contributed by atoms with Crippen LogP contribution >= 0.6 is 0 Å². The van der Waals surface area contributed by atoms with E-state index in [1.807, 2.05) is 13.8 Å². The third-order valence-electron chi connectivity index (χ3n) is 3.62. The Kier molecular flexibility index (Phi) is 5.28. The molecule has 0 spiro atoms. The van der Waals surface area contributed by atoms with Gasteiger partial charge in [-0.15, -0.1) is 0 Å². The van der Waals surface area contributed by atoms with Gasteiger partial charge >= 0.3 is 5.69 Å². The molecule has 1 aromatic rings. The van der Waals surface area contributed by atoms with Crippen molar-refractivity contribution < 1.29 is 4.92 Å². The van der Waals surface area contributed by atoms with Gasteiger partial charge in [-0.05, 0) is 18.4 Å². The van der Waals surface area contributed by atoms with Crippen LogP contribution in [0.4, 0.5) is 5.69 Å². The SMILES string of the molecule is CCNC(Cc1c([N+](=O)[O-])c(CC)nn1C)C(C)(C)C. The summed E-state index contributed by atoms with van der Waals surface area (Å²) in [7, 11) is 1.78. The van der Waals surface area contributed by atoms with Crippen LogP contribution in [-0.2, 0) is 19.9 Å². The first-order valence-corrected chi connectivity index (χ1v) is 7.14. The molecule has 0 bridgehead atoms. The van der Waals surface area contributed by atoms with Gasteiger partial charge < -0.3 is 5.32 Å². The Bertz CT molecular complexity index is 474. The fraction of sp³-hybridized carbons (Fsp3) is 0.786. The van der Waals surface area contributed by atoms with E-state index < -0.39 is 0 Å². The molecule has 0 amide bonds. The van der Waals surface area contributed by atoms with E-state index >= 15 is 0 Å². The molecule has 20 heavy (non-hydrogen) atoms. The maximum absolute atomic E-state index is 11.3. The van der Waals surface area contributed by atoms with Gasteiger partial charge in [-0.25, -0.2) is 0 Å². The minimum absolute atomic E-state index is 0.0283. The van der Waals surface area contributed by atoms with Gasteiger partial charge in [0.1, 0.15) is 11.4 Å². The van der Waals surface area contributed by atoms with Crippen LogP contribution in [0.15, 0.2) is 0 Å². The molecular formula is C14H26N4O2. The van der Waals surface area contributed by atoms with Crippen LogP contribution in [0.5, 0.6) is 0 Å². The monoisotopic (exact) mass is 282 g/mol. The van der Waals surface area contributed by atoms with Gasteiger partial charge in [-0.3, -0.25) is 14.8 Å². The van der Waals surface area contributed by atoms with E-state index in [1.165, 1.54) is 0 Å². The lowest BCUT2D eigenvalue weighted by atomic mass is 9.83. The van der Waals surface area contributed by atoms with Gasteiger partial charge in [0.2, 0.25) is 0 Å². The van der Waals surface area contributed by atoms with Crippen LogP contribution in [0.3, 0.4) is 0 Å². The van der Waals surface area contributed by atoms with Gasteiger partial charge in [0.25, 0.3) is 0 Å². The van der Waals surface area contributed by atoms with E-state index in [1.54, 1.807) is 11.7 Å². The van der Waals surface area contributed by atoms with Crippen molar-refractivity contribution >= 4 is 5.69 Å². The summed E-state index contributed by atoms with van der Waals surface area (Å²) in [5.74, 6) is 0. The Morgan fingerprint density at radius 3 is 2.40 bits per heavy atom. The normalized spacial score (nSPS) is 13.5. The number of rotatable bonds is 6. The topological polar surface area (TPSA) is 73.0 Å². The van der Waals surface area contributed by atoms with Crippen molar-refractivity contribution in [1.82, 2.24) is 15.1 Å². The molecule has 0 radical (unpaired) electrons. The lowest BCUT2D eigenvalue weighted by Gasteiger charge is -2.31. The molecule has 1 N–H and O–H groups in total. The molecule has 0 aliphatic heterocycles. The Morgan fingerprint density at radius 2 is 2.00 bits per heavy atom. The van der Waals surface area contributed by atoms with Crippen molar-refractivity contribution in [3.05, 3.63) is 21.5 Å². The number of aryl methyl sites for hydroxylation is 2. The Hall–Kier alpha value is -1.43. The predicted molar refractivity (Wildman–Crippen MR) is 79.9 cm³/mol. The second-order valence-electron chi connectivity index (χ2n) is 6.16. The summed E-state index contributed by atoms with van der Waals surface area (Å²) >= 11 is 0. The van der Waals surface area contributed by atoms with E-state index in [-0.39, 0.29) is 22.1 Å².